The van der Waals surface area contributed by atoms with E-state index in [0.29, 0.717) is 12.5 Å². The van der Waals surface area contributed by atoms with Crippen LogP contribution in [0.25, 0.3) is 0 Å². The Morgan fingerprint density at radius 2 is 2.24 bits per heavy atom. The normalized spacial score (nSPS) is 9.65. The second-order valence-electron chi connectivity index (χ2n) is 3.32. The van der Waals surface area contributed by atoms with Crippen molar-refractivity contribution in [3.8, 4) is 5.88 Å². The molecule has 2 heterocycles. The lowest BCUT2D eigenvalue weighted by atomic mass is 10.3. The molecule has 2 rings (SSSR count). The van der Waals surface area contributed by atoms with E-state index in [-0.39, 0.29) is 12.4 Å². The van der Waals surface area contributed by atoms with Gasteiger partial charge in [0.25, 0.3) is 0 Å². The van der Waals surface area contributed by atoms with E-state index >= 15 is 0 Å². The second kappa shape index (κ2) is 8.06. The van der Waals surface area contributed by atoms with Gasteiger partial charge in [-0.05, 0) is 28.5 Å². The third-order valence-corrected chi connectivity index (χ3v) is 2.81. The average Bonchev–Trinajstić information content (AvgIpc) is 2.83. The molecule has 3 nitrogen and oxygen atoms in total. The molecule has 0 aromatic carbocycles. The van der Waals surface area contributed by atoms with E-state index in [2.05, 4.69) is 27.1 Å². The van der Waals surface area contributed by atoms with Gasteiger partial charge < -0.3 is 10.1 Å². The Hall–Kier alpha value is -1.10. The van der Waals surface area contributed by atoms with Gasteiger partial charge in [0.2, 0.25) is 5.88 Å². The van der Waals surface area contributed by atoms with Gasteiger partial charge in [0.1, 0.15) is 6.61 Å². The number of hydrogen-bond donors (Lipinski definition) is 1. The number of aromatic nitrogens is 1. The van der Waals surface area contributed by atoms with Crippen molar-refractivity contribution in [3.05, 3.63) is 46.8 Å². The van der Waals surface area contributed by atoms with Crippen LogP contribution in [0.5, 0.6) is 5.88 Å². The molecule has 0 saturated heterocycles. The Balaban J connectivity index is 0.00000144. The molecule has 0 fully saturated rings. The van der Waals surface area contributed by atoms with Crippen molar-refractivity contribution in [3.63, 3.8) is 0 Å². The van der Waals surface area contributed by atoms with Crippen LogP contribution in [-0.4, -0.2) is 18.1 Å². The molecule has 0 bridgehead atoms. The zero-order valence-electron chi connectivity index (χ0n) is 9.33. The van der Waals surface area contributed by atoms with Gasteiger partial charge in [0, 0.05) is 25.4 Å². The molecular weight excluding hydrogens is 256 g/mol. The van der Waals surface area contributed by atoms with Crippen LogP contribution in [0.4, 0.5) is 0 Å². The summed E-state index contributed by atoms with van der Waals surface area (Å²) in [5.74, 6) is 0.680. The van der Waals surface area contributed by atoms with Crippen LogP contribution < -0.4 is 10.1 Å². The zero-order chi connectivity index (χ0) is 11.1. The summed E-state index contributed by atoms with van der Waals surface area (Å²) in [6.07, 6.45) is 1.73. The molecule has 0 unspecified atom stereocenters. The van der Waals surface area contributed by atoms with Gasteiger partial charge in [-0.25, -0.2) is 4.98 Å². The third kappa shape index (κ3) is 5.17. The standard InChI is InChI=1S/C12H14N2OS.ClH/c1-2-5-14-12(3-1)15-7-6-13-9-11-4-8-16-10-11;/h1-5,8,10,13H,6-7,9H2;1H. The first-order valence-corrected chi connectivity index (χ1v) is 6.15. The minimum absolute atomic E-state index is 0. The number of nitrogens with zero attached hydrogens (tertiary/aromatic N) is 1. The van der Waals surface area contributed by atoms with Crippen molar-refractivity contribution in [1.29, 1.82) is 0 Å². The smallest absolute Gasteiger partial charge is 0.213 e. The largest absolute Gasteiger partial charge is 0.476 e. The first kappa shape index (κ1) is 14.0. The van der Waals surface area contributed by atoms with Crippen molar-refractivity contribution in [2.75, 3.05) is 13.2 Å². The molecule has 0 amide bonds. The summed E-state index contributed by atoms with van der Waals surface area (Å²) in [5, 5.41) is 7.54. The summed E-state index contributed by atoms with van der Waals surface area (Å²) >= 11 is 1.72. The molecule has 92 valence electrons. The fourth-order valence-corrected chi connectivity index (χ4v) is 1.95. The molecular formula is C12H15ClN2OS. The molecule has 0 aliphatic carbocycles. The Morgan fingerprint density at radius 1 is 1.29 bits per heavy atom. The van der Waals surface area contributed by atoms with E-state index in [1.54, 1.807) is 17.5 Å². The third-order valence-electron chi connectivity index (χ3n) is 2.08. The Labute approximate surface area is 111 Å². The lowest BCUT2D eigenvalue weighted by Gasteiger charge is -2.05. The number of thiophene rings is 1. The highest BCUT2D eigenvalue weighted by atomic mass is 35.5. The van der Waals surface area contributed by atoms with Crippen LogP contribution in [0.15, 0.2) is 41.2 Å². The van der Waals surface area contributed by atoms with Gasteiger partial charge >= 0.3 is 0 Å². The average molecular weight is 271 g/mol. The first-order valence-electron chi connectivity index (χ1n) is 5.21. The number of hydrogen-bond acceptors (Lipinski definition) is 4. The molecule has 2 aromatic heterocycles. The number of rotatable bonds is 6. The molecule has 17 heavy (non-hydrogen) atoms. The predicted octanol–water partition coefficient (Wildman–Crippen LogP) is 2.73. The molecule has 1 N–H and O–H groups in total. The van der Waals surface area contributed by atoms with Gasteiger partial charge in [-0.1, -0.05) is 6.07 Å². The quantitative estimate of drug-likeness (QED) is 0.820. The Bertz CT molecular complexity index is 394. The fourth-order valence-electron chi connectivity index (χ4n) is 1.29. The first-order chi connectivity index (χ1) is 7.95. The van der Waals surface area contributed by atoms with Crippen LogP contribution in [0.1, 0.15) is 5.56 Å². The molecule has 0 aliphatic heterocycles. The van der Waals surface area contributed by atoms with Crippen molar-refractivity contribution in [2.45, 2.75) is 6.54 Å². The summed E-state index contributed by atoms with van der Waals surface area (Å²) in [6, 6.07) is 7.78. The zero-order valence-corrected chi connectivity index (χ0v) is 11.0. The number of pyridine rings is 1. The molecule has 0 saturated carbocycles. The van der Waals surface area contributed by atoms with Crippen LogP contribution in [0.2, 0.25) is 0 Å². The monoisotopic (exact) mass is 270 g/mol. The maximum absolute atomic E-state index is 5.45. The SMILES string of the molecule is Cl.c1ccc(OCCNCc2ccsc2)nc1. The van der Waals surface area contributed by atoms with Crippen LogP contribution >= 0.6 is 23.7 Å². The van der Waals surface area contributed by atoms with Crippen LogP contribution in [0.3, 0.4) is 0 Å². The predicted molar refractivity (Wildman–Crippen MR) is 73.0 cm³/mol. The second-order valence-corrected chi connectivity index (χ2v) is 4.10. The number of halogens is 1. The minimum Gasteiger partial charge on any atom is -0.476 e. The molecule has 2 aromatic rings. The van der Waals surface area contributed by atoms with Crippen LogP contribution in [0, 0.1) is 0 Å². The van der Waals surface area contributed by atoms with Crippen molar-refractivity contribution < 1.29 is 4.74 Å². The summed E-state index contributed by atoms with van der Waals surface area (Å²) in [5.41, 5.74) is 1.32. The summed E-state index contributed by atoms with van der Waals surface area (Å²) in [6.45, 7) is 2.36. The van der Waals surface area contributed by atoms with Gasteiger partial charge in [0.05, 0.1) is 0 Å². The summed E-state index contributed by atoms with van der Waals surface area (Å²) < 4.78 is 5.45. The Kier molecular flexibility index (Phi) is 6.62. The van der Waals surface area contributed by atoms with E-state index in [0.717, 1.165) is 13.1 Å². The van der Waals surface area contributed by atoms with Gasteiger partial charge in [-0.3, -0.25) is 0 Å². The fraction of sp³-hybridized carbons (Fsp3) is 0.250. The lowest BCUT2D eigenvalue weighted by Crippen LogP contribution is -2.20. The highest BCUT2D eigenvalue weighted by Crippen LogP contribution is 2.05. The van der Waals surface area contributed by atoms with Crippen molar-refractivity contribution in [1.82, 2.24) is 10.3 Å². The van der Waals surface area contributed by atoms with Gasteiger partial charge in [-0.15, -0.1) is 12.4 Å². The number of nitrogens with one attached hydrogen (secondary N) is 1. The van der Waals surface area contributed by atoms with Crippen molar-refractivity contribution in [2.24, 2.45) is 0 Å². The lowest BCUT2D eigenvalue weighted by molar-refractivity contribution is 0.302. The van der Waals surface area contributed by atoms with E-state index < -0.39 is 0 Å². The molecule has 0 atom stereocenters. The molecule has 0 radical (unpaired) electrons. The maximum Gasteiger partial charge on any atom is 0.213 e. The highest BCUT2D eigenvalue weighted by Gasteiger charge is 1.94. The van der Waals surface area contributed by atoms with Crippen molar-refractivity contribution >= 4 is 23.7 Å². The van der Waals surface area contributed by atoms with Gasteiger partial charge in [-0.2, -0.15) is 11.3 Å². The van der Waals surface area contributed by atoms with Gasteiger partial charge in [0.15, 0.2) is 0 Å². The summed E-state index contributed by atoms with van der Waals surface area (Å²) in [4.78, 5) is 4.08. The minimum atomic E-state index is 0. The molecule has 5 heteroatoms. The maximum atomic E-state index is 5.45. The highest BCUT2D eigenvalue weighted by molar-refractivity contribution is 7.07. The topological polar surface area (TPSA) is 34.1 Å². The number of ether oxygens (including phenoxy) is 1. The van der Waals surface area contributed by atoms with Crippen LogP contribution in [-0.2, 0) is 6.54 Å². The molecule has 0 spiro atoms. The van der Waals surface area contributed by atoms with E-state index in [4.69, 9.17) is 4.74 Å². The van der Waals surface area contributed by atoms with E-state index in [1.165, 1.54) is 5.56 Å². The molecule has 0 aliphatic rings. The van der Waals surface area contributed by atoms with E-state index in [9.17, 15) is 0 Å². The van der Waals surface area contributed by atoms with E-state index in [1.807, 2.05) is 18.2 Å². The Morgan fingerprint density at radius 3 is 2.94 bits per heavy atom. The summed E-state index contributed by atoms with van der Waals surface area (Å²) in [7, 11) is 0.